The first-order chi connectivity index (χ1) is 6.88. The fraction of sp³-hybridized carbons (Fsp3) is 0.600. The maximum absolute atomic E-state index is 5.85. The average Bonchev–Trinajstić information content (AvgIpc) is 2.09. The molecule has 0 radical (unpaired) electrons. The molecule has 0 atom stereocenters. The number of nitrogens with zero attached hydrogens (tertiary/aromatic N) is 2. The van der Waals surface area contributed by atoms with E-state index in [9.17, 15) is 0 Å². The zero-order valence-electron chi connectivity index (χ0n) is 9.14. The second-order valence-electron chi connectivity index (χ2n) is 4.61. The summed E-state index contributed by atoms with van der Waals surface area (Å²) < 4.78 is 0. The predicted octanol–water partition coefficient (Wildman–Crippen LogP) is 3.63. The van der Waals surface area contributed by atoms with Gasteiger partial charge in [0.25, 0.3) is 0 Å². The molecule has 84 valence electrons. The summed E-state index contributed by atoms with van der Waals surface area (Å²) in [7, 11) is 0. The summed E-state index contributed by atoms with van der Waals surface area (Å²) >= 11 is 11.6. The van der Waals surface area contributed by atoms with Gasteiger partial charge >= 0.3 is 0 Å². The van der Waals surface area contributed by atoms with Crippen molar-refractivity contribution in [3.63, 3.8) is 0 Å². The van der Waals surface area contributed by atoms with Gasteiger partial charge in [0.1, 0.15) is 0 Å². The molecule has 0 aliphatic rings. The van der Waals surface area contributed by atoms with E-state index in [1.54, 1.807) is 6.07 Å². The molecule has 1 N–H and O–H groups in total. The third-order valence-corrected chi connectivity index (χ3v) is 2.37. The van der Waals surface area contributed by atoms with Crippen LogP contribution in [0.25, 0.3) is 0 Å². The van der Waals surface area contributed by atoms with E-state index in [4.69, 9.17) is 23.2 Å². The Labute approximate surface area is 100 Å². The highest BCUT2D eigenvalue weighted by Gasteiger charge is 2.10. The highest BCUT2D eigenvalue weighted by molar-refractivity contribution is 6.33. The highest BCUT2D eigenvalue weighted by Crippen LogP contribution is 2.23. The average molecular weight is 248 g/mol. The second kappa shape index (κ2) is 4.99. The van der Waals surface area contributed by atoms with Crippen molar-refractivity contribution in [2.75, 3.05) is 11.9 Å². The number of nitrogens with one attached hydrogen (secondary N) is 1. The Bertz CT molecular complexity index is 334. The summed E-state index contributed by atoms with van der Waals surface area (Å²) in [5, 5.41) is 11.2. The van der Waals surface area contributed by atoms with Crippen molar-refractivity contribution in [2.24, 2.45) is 5.41 Å². The van der Waals surface area contributed by atoms with Gasteiger partial charge in [-0.1, -0.05) is 44.0 Å². The minimum atomic E-state index is 0.295. The molecule has 1 aromatic heterocycles. The van der Waals surface area contributed by atoms with Crippen molar-refractivity contribution in [3.05, 3.63) is 16.4 Å². The van der Waals surface area contributed by atoms with E-state index in [1.807, 2.05) is 0 Å². The Kier molecular flexibility index (Phi) is 4.17. The summed E-state index contributed by atoms with van der Waals surface area (Å²) in [6.07, 6.45) is 1.04. The Balaban J connectivity index is 2.54. The SMILES string of the molecule is CC(C)(C)CCNc1cc(Cl)nnc1Cl. The number of hydrogen-bond acceptors (Lipinski definition) is 3. The Morgan fingerprint density at radius 3 is 2.53 bits per heavy atom. The maximum Gasteiger partial charge on any atom is 0.174 e. The fourth-order valence-electron chi connectivity index (χ4n) is 1.05. The summed E-state index contributed by atoms with van der Waals surface area (Å²) in [4.78, 5) is 0. The molecule has 0 amide bonds. The van der Waals surface area contributed by atoms with Gasteiger partial charge in [-0.3, -0.25) is 0 Å². The molecule has 0 aliphatic carbocycles. The standard InChI is InChI=1S/C10H15Cl2N3/c1-10(2,3)4-5-13-7-6-8(11)14-15-9(7)12/h6H,4-5H2,1-3H3,(H,13,14). The summed E-state index contributed by atoms with van der Waals surface area (Å²) in [6.45, 7) is 7.40. The Morgan fingerprint density at radius 1 is 1.27 bits per heavy atom. The van der Waals surface area contributed by atoms with Crippen LogP contribution in [0.3, 0.4) is 0 Å². The van der Waals surface area contributed by atoms with Crippen molar-refractivity contribution in [1.29, 1.82) is 0 Å². The molecular formula is C10H15Cl2N3. The molecule has 0 saturated heterocycles. The van der Waals surface area contributed by atoms with Gasteiger partial charge in [-0.25, -0.2) is 0 Å². The smallest absolute Gasteiger partial charge is 0.174 e. The topological polar surface area (TPSA) is 37.8 Å². The molecule has 0 saturated carbocycles. The molecule has 1 heterocycles. The lowest BCUT2D eigenvalue weighted by atomic mass is 9.92. The molecule has 0 unspecified atom stereocenters. The first-order valence-electron chi connectivity index (χ1n) is 4.81. The van der Waals surface area contributed by atoms with Crippen molar-refractivity contribution in [3.8, 4) is 0 Å². The molecule has 5 heteroatoms. The van der Waals surface area contributed by atoms with E-state index in [-0.39, 0.29) is 0 Å². The normalized spacial score (nSPS) is 11.5. The quantitative estimate of drug-likeness (QED) is 0.887. The minimum absolute atomic E-state index is 0.295. The first kappa shape index (κ1) is 12.5. The molecule has 0 aliphatic heterocycles. The lowest BCUT2D eigenvalue weighted by molar-refractivity contribution is 0.390. The van der Waals surface area contributed by atoms with E-state index in [0.717, 1.165) is 18.7 Å². The number of rotatable bonds is 3. The van der Waals surface area contributed by atoms with E-state index in [2.05, 4.69) is 36.3 Å². The van der Waals surface area contributed by atoms with Crippen LogP contribution < -0.4 is 5.32 Å². The Hall–Kier alpha value is -0.540. The molecule has 0 bridgehead atoms. The van der Waals surface area contributed by atoms with E-state index in [1.165, 1.54) is 0 Å². The Morgan fingerprint density at radius 2 is 1.93 bits per heavy atom. The van der Waals surface area contributed by atoms with E-state index in [0.29, 0.717) is 15.7 Å². The van der Waals surface area contributed by atoms with Crippen molar-refractivity contribution >= 4 is 28.9 Å². The largest absolute Gasteiger partial charge is 0.382 e. The van der Waals surface area contributed by atoms with Crippen LogP contribution in [0.15, 0.2) is 6.07 Å². The van der Waals surface area contributed by atoms with Crippen LogP contribution in [0.2, 0.25) is 10.3 Å². The van der Waals surface area contributed by atoms with Crippen molar-refractivity contribution in [2.45, 2.75) is 27.2 Å². The number of anilines is 1. The molecule has 15 heavy (non-hydrogen) atoms. The highest BCUT2D eigenvalue weighted by atomic mass is 35.5. The van der Waals surface area contributed by atoms with Crippen LogP contribution in [-0.2, 0) is 0 Å². The molecule has 0 fully saturated rings. The third kappa shape index (κ3) is 4.67. The third-order valence-electron chi connectivity index (χ3n) is 1.91. The van der Waals surface area contributed by atoms with E-state index >= 15 is 0 Å². The molecule has 0 spiro atoms. The zero-order chi connectivity index (χ0) is 11.5. The van der Waals surface area contributed by atoms with Crippen LogP contribution in [0, 0.1) is 5.41 Å². The lowest BCUT2D eigenvalue weighted by Gasteiger charge is -2.18. The monoisotopic (exact) mass is 247 g/mol. The van der Waals surface area contributed by atoms with Gasteiger partial charge in [-0.05, 0) is 11.8 Å². The number of aromatic nitrogens is 2. The summed E-state index contributed by atoms with van der Waals surface area (Å²) in [5.41, 5.74) is 1.03. The fourth-order valence-corrected chi connectivity index (χ4v) is 1.36. The molecular weight excluding hydrogens is 233 g/mol. The van der Waals surface area contributed by atoms with Gasteiger partial charge in [0, 0.05) is 12.6 Å². The molecule has 3 nitrogen and oxygen atoms in total. The van der Waals surface area contributed by atoms with Crippen LogP contribution in [-0.4, -0.2) is 16.7 Å². The van der Waals surface area contributed by atoms with Gasteiger partial charge < -0.3 is 5.32 Å². The molecule has 0 aromatic carbocycles. The second-order valence-corrected chi connectivity index (χ2v) is 5.35. The van der Waals surface area contributed by atoms with Gasteiger partial charge in [-0.15, -0.1) is 10.2 Å². The van der Waals surface area contributed by atoms with Crippen LogP contribution in [0.1, 0.15) is 27.2 Å². The van der Waals surface area contributed by atoms with Crippen LogP contribution >= 0.6 is 23.2 Å². The van der Waals surface area contributed by atoms with Gasteiger partial charge in [0.05, 0.1) is 5.69 Å². The zero-order valence-corrected chi connectivity index (χ0v) is 10.7. The first-order valence-corrected chi connectivity index (χ1v) is 5.57. The van der Waals surface area contributed by atoms with Gasteiger partial charge in [-0.2, -0.15) is 0 Å². The van der Waals surface area contributed by atoms with Crippen molar-refractivity contribution < 1.29 is 0 Å². The molecule has 1 rings (SSSR count). The van der Waals surface area contributed by atoms with Crippen LogP contribution in [0.4, 0.5) is 5.69 Å². The van der Waals surface area contributed by atoms with Gasteiger partial charge in [0.15, 0.2) is 10.3 Å². The minimum Gasteiger partial charge on any atom is -0.382 e. The van der Waals surface area contributed by atoms with Gasteiger partial charge in [0.2, 0.25) is 0 Å². The summed E-state index contributed by atoms with van der Waals surface area (Å²) in [6, 6.07) is 1.68. The summed E-state index contributed by atoms with van der Waals surface area (Å²) in [5.74, 6) is 0. The van der Waals surface area contributed by atoms with Crippen LogP contribution in [0.5, 0.6) is 0 Å². The molecule has 1 aromatic rings. The maximum atomic E-state index is 5.85. The van der Waals surface area contributed by atoms with E-state index < -0.39 is 0 Å². The lowest BCUT2D eigenvalue weighted by Crippen LogP contribution is -2.13. The predicted molar refractivity (Wildman–Crippen MR) is 64.6 cm³/mol. The number of halogens is 2. The van der Waals surface area contributed by atoms with Crippen molar-refractivity contribution in [1.82, 2.24) is 10.2 Å². The number of hydrogen-bond donors (Lipinski definition) is 1.